The van der Waals surface area contributed by atoms with Crippen LogP contribution < -0.4 is 10.2 Å². The van der Waals surface area contributed by atoms with Gasteiger partial charge in [0.15, 0.2) is 11.3 Å². The highest BCUT2D eigenvalue weighted by Gasteiger charge is 2.53. The first-order valence-corrected chi connectivity index (χ1v) is 10.1. The van der Waals surface area contributed by atoms with Crippen molar-refractivity contribution in [2.24, 2.45) is 0 Å². The lowest BCUT2D eigenvalue weighted by Crippen LogP contribution is -2.55. The number of thiophene rings is 1. The zero-order valence-electron chi connectivity index (χ0n) is 16.4. The number of anilines is 1. The van der Waals surface area contributed by atoms with Crippen molar-refractivity contribution in [3.05, 3.63) is 52.2 Å². The molecule has 7 heteroatoms. The van der Waals surface area contributed by atoms with E-state index in [9.17, 15) is 14.4 Å². The van der Waals surface area contributed by atoms with Crippen LogP contribution in [0.4, 0.5) is 10.5 Å². The second-order valence-electron chi connectivity index (χ2n) is 7.68. The van der Waals surface area contributed by atoms with E-state index in [0.29, 0.717) is 22.7 Å². The van der Waals surface area contributed by atoms with Gasteiger partial charge in [0.1, 0.15) is 5.60 Å². The number of para-hydroxylation sites is 1. The van der Waals surface area contributed by atoms with Gasteiger partial charge in [-0.2, -0.15) is 0 Å². The summed E-state index contributed by atoms with van der Waals surface area (Å²) in [6.07, 6.45) is -0.897. The van der Waals surface area contributed by atoms with Crippen LogP contribution in [0.1, 0.15) is 49.4 Å². The number of nitrogens with one attached hydrogen (secondary N) is 1. The number of carbonyl (C=O) groups is 3. The fourth-order valence-electron chi connectivity index (χ4n) is 3.42. The summed E-state index contributed by atoms with van der Waals surface area (Å²) in [7, 11) is 0. The van der Waals surface area contributed by atoms with Gasteiger partial charge in [-0.15, -0.1) is 11.3 Å². The van der Waals surface area contributed by atoms with E-state index < -0.39 is 17.2 Å². The predicted octanol–water partition coefficient (Wildman–Crippen LogP) is 4.11. The van der Waals surface area contributed by atoms with Crippen LogP contribution in [0.5, 0.6) is 0 Å². The molecular formula is C21H24N2O4S. The number of nitrogens with zero attached hydrogens (tertiary/aromatic N) is 1. The summed E-state index contributed by atoms with van der Waals surface area (Å²) in [6.45, 7) is 7.54. The van der Waals surface area contributed by atoms with Crippen LogP contribution in [-0.4, -0.2) is 29.9 Å². The molecule has 2 amide bonds. The molecular weight excluding hydrogens is 376 g/mol. The summed E-state index contributed by atoms with van der Waals surface area (Å²) in [6, 6.07) is 10.7. The SMILES string of the molecule is CCN1C(=O)C(CC(=O)c2cccs2)(NC(=O)OC(C)(C)C)c2ccccc21. The minimum atomic E-state index is -1.49. The van der Waals surface area contributed by atoms with E-state index in [4.69, 9.17) is 4.74 Å². The van der Waals surface area contributed by atoms with E-state index in [1.807, 2.05) is 24.4 Å². The minimum absolute atomic E-state index is 0.168. The van der Waals surface area contributed by atoms with Crippen molar-refractivity contribution >= 4 is 34.8 Å². The first-order valence-electron chi connectivity index (χ1n) is 9.17. The lowest BCUT2D eigenvalue weighted by molar-refractivity contribution is -0.124. The van der Waals surface area contributed by atoms with Crippen LogP contribution in [0.3, 0.4) is 0 Å². The summed E-state index contributed by atoms with van der Waals surface area (Å²) in [4.78, 5) is 41.1. The van der Waals surface area contributed by atoms with Gasteiger partial charge >= 0.3 is 6.09 Å². The maximum absolute atomic E-state index is 13.4. The molecule has 0 radical (unpaired) electrons. The molecule has 1 aromatic carbocycles. The normalized spacial score (nSPS) is 18.7. The monoisotopic (exact) mass is 400 g/mol. The van der Waals surface area contributed by atoms with Crippen molar-refractivity contribution in [1.82, 2.24) is 5.32 Å². The topological polar surface area (TPSA) is 75.7 Å². The van der Waals surface area contributed by atoms with Crippen molar-refractivity contribution in [2.75, 3.05) is 11.4 Å². The number of ether oxygens (including phenoxy) is 1. The summed E-state index contributed by atoms with van der Waals surface area (Å²) < 4.78 is 5.40. The van der Waals surface area contributed by atoms with Crippen LogP contribution in [0.15, 0.2) is 41.8 Å². The summed E-state index contributed by atoms with van der Waals surface area (Å²) in [5.41, 5.74) is -0.910. The van der Waals surface area contributed by atoms with Crippen molar-refractivity contribution in [2.45, 2.75) is 45.3 Å². The third-order valence-corrected chi connectivity index (χ3v) is 5.43. The quantitative estimate of drug-likeness (QED) is 0.767. The molecule has 0 saturated heterocycles. The minimum Gasteiger partial charge on any atom is -0.444 e. The molecule has 0 spiro atoms. The zero-order valence-corrected chi connectivity index (χ0v) is 17.3. The Bertz CT molecular complexity index is 901. The number of likely N-dealkylation sites (N-methyl/N-ethyl adjacent to an activating group) is 1. The number of carbonyl (C=O) groups excluding carboxylic acids is 3. The predicted molar refractivity (Wildman–Crippen MR) is 109 cm³/mol. The molecule has 1 N–H and O–H groups in total. The average molecular weight is 401 g/mol. The standard InChI is InChI=1S/C21H24N2O4S/c1-5-23-15-10-7-6-9-14(15)21(18(23)25,22-19(26)27-20(2,3)4)13-16(24)17-11-8-12-28-17/h6-12H,5,13H2,1-4H3,(H,22,26). The van der Waals surface area contributed by atoms with Gasteiger partial charge in [-0.05, 0) is 45.2 Å². The van der Waals surface area contributed by atoms with E-state index in [0.717, 1.165) is 0 Å². The van der Waals surface area contributed by atoms with E-state index in [1.54, 1.807) is 49.9 Å². The van der Waals surface area contributed by atoms with Crippen molar-refractivity contribution < 1.29 is 19.1 Å². The van der Waals surface area contributed by atoms with Crippen LogP contribution in [0, 0.1) is 0 Å². The van der Waals surface area contributed by atoms with Crippen molar-refractivity contribution in [3.63, 3.8) is 0 Å². The van der Waals surface area contributed by atoms with Crippen LogP contribution >= 0.6 is 11.3 Å². The van der Waals surface area contributed by atoms with Gasteiger partial charge in [0.2, 0.25) is 0 Å². The molecule has 148 valence electrons. The molecule has 3 rings (SSSR count). The molecule has 0 bridgehead atoms. The zero-order chi connectivity index (χ0) is 20.5. The van der Waals surface area contributed by atoms with E-state index in [-0.39, 0.29) is 18.1 Å². The van der Waals surface area contributed by atoms with Gasteiger partial charge in [0.25, 0.3) is 5.91 Å². The number of hydrogen-bond acceptors (Lipinski definition) is 5. The maximum Gasteiger partial charge on any atom is 0.408 e. The highest BCUT2D eigenvalue weighted by molar-refractivity contribution is 7.12. The maximum atomic E-state index is 13.4. The average Bonchev–Trinajstić information content (AvgIpc) is 3.21. The Labute approximate surface area is 168 Å². The molecule has 28 heavy (non-hydrogen) atoms. The van der Waals surface area contributed by atoms with Crippen LogP contribution in [0.2, 0.25) is 0 Å². The number of alkyl carbamates (subject to hydrolysis) is 1. The fraction of sp³-hybridized carbons (Fsp3) is 0.381. The lowest BCUT2D eigenvalue weighted by atomic mass is 9.85. The number of Topliss-reactive ketones (excluding diaryl/α,β-unsaturated/α-hetero) is 1. The molecule has 0 saturated carbocycles. The number of rotatable bonds is 5. The third-order valence-electron chi connectivity index (χ3n) is 4.52. The number of amides is 2. The van der Waals surface area contributed by atoms with Gasteiger partial charge < -0.3 is 15.0 Å². The smallest absolute Gasteiger partial charge is 0.408 e. The Morgan fingerprint density at radius 1 is 1.18 bits per heavy atom. The number of fused-ring (bicyclic) bond motifs is 1. The van der Waals surface area contributed by atoms with Gasteiger partial charge in [0, 0.05) is 24.2 Å². The summed E-state index contributed by atoms with van der Waals surface area (Å²) >= 11 is 1.31. The molecule has 1 atom stereocenters. The Morgan fingerprint density at radius 2 is 1.89 bits per heavy atom. The molecule has 0 fully saturated rings. The number of hydrogen-bond donors (Lipinski definition) is 1. The third kappa shape index (κ3) is 3.67. The van der Waals surface area contributed by atoms with Crippen LogP contribution in [0.25, 0.3) is 0 Å². The number of ketones is 1. The molecule has 1 aliphatic rings. The van der Waals surface area contributed by atoms with E-state index in [1.165, 1.54) is 11.3 Å². The summed E-state index contributed by atoms with van der Waals surface area (Å²) in [5, 5.41) is 4.55. The van der Waals surface area contributed by atoms with E-state index >= 15 is 0 Å². The Kier molecular flexibility index (Phi) is 5.30. The largest absolute Gasteiger partial charge is 0.444 e. The van der Waals surface area contributed by atoms with Crippen molar-refractivity contribution in [1.29, 1.82) is 0 Å². The molecule has 2 aromatic rings. The Morgan fingerprint density at radius 3 is 2.50 bits per heavy atom. The molecule has 6 nitrogen and oxygen atoms in total. The van der Waals surface area contributed by atoms with Gasteiger partial charge in [-0.25, -0.2) is 4.79 Å². The lowest BCUT2D eigenvalue weighted by Gasteiger charge is -2.30. The van der Waals surface area contributed by atoms with E-state index in [2.05, 4.69) is 5.32 Å². The first kappa shape index (κ1) is 20.1. The molecule has 1 aliphatic heterocycles. The van der Waals surface area contributed by atoms with Gasteiger partial charge in [-0.1, -0.05) is 24.3 Å². The number of benzene rings is 1. The van der Waals surface area contributed by atoms with Gasteiger partial charge in [-0.3, -0.25) is 9.59 Å². The second kappa shape index (κ2) is 7.39. The highest BCUT2D eigenvalue weighted by Crippen LogP contribution is 2.43. The van der Waals surface area contributed by atoms with Gasteiger partial charge in [0.05, 0.1) is 4.88 Å². The molecule has 1 unspecified atom stereocenters. The van der Waals surface area contributed by atoms with Crippen LogP contribution in [-0.2, 0) is 15.1 Å². The second-order valence-corrected chi connectivity index (χ2v) is 8.62. The first-order chi connectivity index (χ1) is 13.2. The molecule has 0 aliphatic carbocycles. The van der Waals surface area contributed by atoms with Crippen molar-refractivity contribution in [3.8, 4) is 0 Å². The molecule has 2 heterocycles. The Balaban J connectivity index is 2.06. The highest BCUT2D eigenvalue weighted by atomic mass is 32.1. The fourth-order valence-corrected chi connectivity index (χ4v) is 4.08. The molecule has 1 aromatic heterocycles. The summed E-state index contributed by atoms with van der Waals surface area (Å²) in [5.74, 6) is -0.529. The Hall–Kier alpha value is -2.67.